The van der Waals surface area contributed by atoms with Gasteiger partial charge in [0.25, 0.3) is 5.56 Å². The number of carbonyl (C=O) groups is 2. The second-order valence-corrected chi connectivity index (χ2v) is 7.16. The predicted octanol–water partition coefficient (Wildman–Crippen LogP) is 3.15. The summed E-state index contributed by atoms with van der Waals surface area (Å²) in [6, 6.07) is 12.5. The van der Waals surface area contributed by atoms with E-state index in [1.165, 1.54) is 0 Å². The number of hydrogen-bond donors (Lipinski definition) is 2. The lowest BCUT2D eigenvalue weighted by Gasteiger charge is -2.08. The van der Waals surface area contributed by atoms with Crippen LogP contribution < -0.4 is 15.6 Å². The lowest BCUT2D eigenvalue weighted by molar-refractivity contribution is -0.139. The molecule has 2 aromatic carbocycles. The number of rotatable bonds is 6. The molecular formula is C23H21N3O5. The Balaban J connectivity index is 1.68. The van der Waals surface area contributed by atoms with Crippen LogP contribution in [0.15, 0.2) is 47.3 Å². The van der Waals surface area contributed by atoms with Crippen LogP contribution in [0.25, 0.3) is 22.6 Å². The van der Waals surface area contributed by atoms with E-state index in [-0.39, 0.29) is 5.56 Å². The van der Waals surface area contributed by atoms with Gasteiger partial charge in [0.05, 0.1) is 17.5 Å². The number of hydrogen-bond acceptors (Lipinski definition) is 5. The minimum atomic E-state index is -1.21. The van der Waals surface area contributed by atoms with Gasteiger partial charge in [0.2, 0.25) is 5.91 Å². The Morgan fingerprint density at radius 2 is 2.00 bits per heavy atom. The Morgan fingerprint density at radius 3 is 2.71 bits per heavy atom. The average Bonchev–Trinajstić information content (AvgIpc) is 3.12. The Morgan fingerprint density at radius 1 is 1.23 bits per heavy atom. The van der Waals surface area contributed by atoms with Crippen LogP contribution in [-0.2, 0) is 16.1 Å². The lowest BCUT2D eigenvalue weighted by atomic mass is 10.1. The average molecular weight is 419 g/mol. The largest absolute Gasteiger partial charge is 0.494 e. The maximum atomic E-state index is 12.9. The monoisotopic (exact) mass is 419 g/mol. The molecule has 0 fully saturated rings. The van der Waals surface area contributed by atoms with E-state index in [1.807, 2.05) is 37.3 Å². The molecule has 4 rings (SSSR count). The number of nitrogens with one attached hydrogen (secondary N) is 1. The van der Waals surface area contributed by atoms with Crippen LogP contribution in [-0.4, -0.2) is 33.1 Å². The molecule has 8 heteroatoms. The topological polar surface area (TPSA) is 111 Å². The molecular weight excluding hydrogens is 398 g/mol. The summed E-state index contributed by atoms with van der Waals surface area (Å²) in [7, 11) is 0. The molecule has 0 atom stereocenters. The highest BCUT2D eigenvalue weighted by Gasteiger charge is 2.21. The number of carbonyl (C=O) groups excluding carboxylic acids is 1. The molecule has 3 aromatic rings. The Hall–Kier alpha value is -3.94. The number of aliphatic carboxylic acids is 1. The summed E-state index contributed by atoms with van der Waals surface area (Å²) in [5.74, 6) is -0.452. The van der Waals surface area contributed by atoms with Crippen LogP contribution in [0.1, 0.15) is 31.2 Å². The first-order valence-corrected chi connectivity index (χ1v) is 9.94. The van der Waals surface area contributed by atoms with Crippen molar-refractivity contribution in [1.82, 2.24) is 9.55 Å². The van der Waals surface area contributed by atoms with Gasteiger partial charge in [0, 0.05) is 12.2 Å². The maximum absolute atomic E-state index is 12.9. The fourth-order valence-corrected chi connectivity index (χ4v) is 3.60. The molecule has 0 aliphatic carbocycles. The molecule has 0 radical (unpaired) electrons. The third-order valence-corrected chi connectivity index (χ3v) is 4.97. The first kappa shape index (κ1) is 20.3. The maximum Gasteiger partial charge on any atom is 0.312 e. The number of carboxylic acid groups (broad SMARTS) is 1. The number of amides is 1. The van der Waals surface area contributed by atoms with Gasteiger partial charge < -0.3 is 15.2 Å². The molecule has 1 amide bonds. The van der Waals surface area contributed by atoms with Crippen LogP contribution in [0.4, 0.5) is 5.69 Å². The molecule has 158 valence electrons. The quantitative estimate of drug-likeness (QED) is 0.594. The molecule has 2 N–H and O–H groups in total. The van der Waals surface area contributed by atoms with Crippen molar-refractivity contribution >= 4 is 40.1 Å². The summed E-state index contributed by atoms with van der Waals surface area (Å²) >= 11 is 0. The fraction of sp³-hybridized carbons (Fsp3) is 0.217. The van der Waals surface area contributed by atoms with Crippen molar-refractivity contribution in [3.05, 3.63) is 64.2 Å². The first-order chi connectivity index (χ1) is 14.9. The number of ether oxygens (including phenoxy) is 1. The Bertz CT molecular complexity index is 1260. The Labute approximate surface area is 177 Å². The van der Waals surface area contributed by atoms with Crippen molar-refractivity contribution in [3.63, 3.8) is 0 Å². The van der Waals surface area contributed by atoms with E-state index in [0.717, 1.165) is 16.9 Å². The van der Waals surface area contributed by atoms with Crippen molar-refractivity contribution in [2.24, 2.45) is 0 Å². The Kier molecular flexibility index (Phi) is 5.53. The molecule has 0 bridgehead atoms. The van der Waals surface area contributed by atoms with Crippen molar-refractivity contribution in [2.45, 2.75) is 26.3 Å². The van der Waals surface area contributed by atoms with Gasteiger partial charge >= 0.3 is 5.97 Å². The van der Waals surface area contributed by atoms with Crippen LogP contribution in [0.5, 0.6) is 5.75 Å². The van der Waals surface area contributed by atoms with Crippen LogP contribution in [0.2, 0.25) is 0 Å². The minimum Gasteiger partial charge on any atom is -0.494 e. The molecule has 31 heavy (non-hydrogen) atoms. The summed E-state index contributed by atoms with van der Waals surface area (Å²) in [5.41, 5.74) is 2.63. The highest BCUT2D eigenvalue weighted by Crippen LogP contribution is 2.28. The zero-order chi connectivity index (χ0) is 22.0. The minimum absolute atomic E-state index is 0.140. The molecule has 1 aliphatic rings. The number of allylic oxidation sites excluding steroid dienone is 1. The SMILES string of the molecule is CCOc1ccc(C=C2CCn3c2nc2cc(NC(=O)CC(=O)O)ccc2c3=O)cc1. The second-order valence-electron chi connectivity index (χ2n) is 7.16. The van der Waals surface area contributed by atoms with E-state index >= 15 is 0 Å². The zero-order valence-electron chi connectivity index (χ0n) is 16.9. The molecule has 0 saturated heterocycles. The van der Waals surface area contributed by atoms with E-state index in [0.29, 0.717) is 42.0 Å². The van der Waals surface area contributed by atoms with Crippen LogP contribution >= 0.6 is 0 Å². The fourth-order valence-electron chi connectivity index (χ4n) is 3.60. The number of benzene rings is 2. The summed E-state index contributed by atoms with van der Waals surface area (Å²) in [6.45, 7) is 3.09. The normalized spacial score (nSPS) is 13.9. The first-order valence-electron chi connectivity index (χ1n) is 9.94. The van der Waals surface area contributed by atoms with Gasteiger partial charge in [-0.15, -0.1) is 0 Å². The van der Waals surface area contributed by atoms with E-state index in [2.05, 4.69) is 10.3 Å². The van der Waals surface area contributed by atoms with Crippen molar-refractivity contribution in [3.8, 4) is 5.75 Å². The zero-order valence-corrected chi connectivity index (χ0v) is 16.9. The number of anilines is 1. The summed E-state index contributed by atoms with van der Waals surface area (Å²) in [5, 5.41) is 11.7. The number of carboxylic acids is 1. The highest BCUT2D eigenvalue weighted by atomic mass is 16.5. The highest BCUT2D eigenvalue weighted by molar-refractivity contribution is 6.02. The van der Waals surface area contributed by atoms with Crippen molar-refractivity contribution < 1.29 is 19.4 Å². The third-order valence-electron chi connectivity index (χ3n) is 4.97. The predicted molar refractivity (Wildman–Crippen MR) is 117 cm³/mol. The van der Waals surface area contributed by atoms with Crippen molar-refractivity contribution in [2.75, 3.05) is 11.9 Å². The number of aromatic nitrogens is 2. The van der Waals surface area contributed by atoms with E-state index in [4.69, 9.17) is 9.84 Å². The van der Waals surface area contributed by atoms with Gasteiger partial charge in [-0.3, -0.25) is 19.0 Å². The third kappa shape index (κ3) is 4.32. The van der Waals surface area contributed by atoms with Gasteiger partial charge in [-0.25, -0.2) is 4.98 Å². The van der Waals surface area contributed by atoms with Crippen LogP contribution in [0, 0.1) is 0 Å². The molecule has 1 aliphatic heterocycles. The van der Waals surface area contributed by atoms with E-state index in [1.54, 1.807) is 22.8 Å². The summed E-state index contributed by atoms with van der Waals surface area (Å²) in [6.07, 6.45) is 2.06. The van der Waals surface area contributed by atoms with E-state index in [9.17, 15) is 14.4 Å². The molecule has 0 unspecified atom stereocenters. The van der Waals surface area contributed by atoms with Crippen LogP contribution in [0.3, 0.4) is 0 Å². The standard InChI is InChI=1S/C23H21N3O5/c1-2-31-17-6-3-14(4-7-17)11-15-9-10-26-22(15)25-19-12-16(5-8-18(19)23(26)30)24-20(27)13-21(28)29/h3-8,11-12H,2,9-10,13H2,1H3,(H,24,27)(H,28,29). The number of fused-ring (bicyclic) bond motifs is 2. The smallest absolute Gasteiger partial charge is 0.312 e. The van der Waals surface area contributed by atoms with E-state index < -0.39 is 18.3 Å². The van der Waals surface area contributed by atoms with Gasteiger partial charge in [0.1, 0.15) is 18.0 Å². The lowest BCUT2D eigenvalue weighted by Crippen LogP contribution is -2.21. The summed E-state index contributed by atoms with van der Waals surface area (Å²) < 4.78 is 7.13. The molecule has 0 spiro atoms. The van der Waals surface area contributed by atoms with Crippen molar-refractivity contribution in [1.29, 1.82) is 0 Å². The number of nitrogens with zero attached hydrogens (tertiary/aromatic N) is 2. The second kappa shape index (κ2) is 8.43. The van der Waals surface area contributed by atoms with Gasteiger partial charge in [0.15, 0.2) is 0 Å². The molecule has 2 heterocycles. The molecule has 1 aromatic heterocycles. The van der Waals surface area contributed by atoms with Gasteiger partial charge in [-0.1, -0.05) is 12.1 Å². The van der Waals surface area contributed by atoms with Gasteiger partial charge in [-0.05, 0) is 60.9 Å². The molecule has 0 saturated carbocycles. The summed E-state index contributed by atoms with van der Waals surface area (Å²) in [4.78, 5) is 40.0. The molecule has 8 nitrogen and oxygen atoms in total. The van der Waals surface area contributed by atoms with Gasteiger partial charge in [-0.2, -0.15) is 0 Å².